The van der Waals surface area contributed by atoms with Gasteiger partial charge in [-0.3, -0.25) is 0 Å². The van der Waals surface area contributed by atoms with Crippen LogP contribution in [0.4, 0.5) is 0 Å². The van der Waals surface area contributed by atoms with Gasteiger partial charge in [-0.1, -0.05) is 17.7 Å². The largest absolute Gasteiger partial charge is 0.478 e. The molecule has 0 bridgehead atoms. The highest BCUT2D eigenvalue weighted by Crippen LogP contribution is 2.18. The van der Waals surface area contributed by atoms with Gasteiger partial charge < -0.3 is 10.2 Å². The van der Waals surface area contributed by atoms with Crippen molar-refractivity contribution in [3.63, 3.8) is 0 Å². The second-order valence-electron chi connectivity index (χ2n) is 2.68. The van der Waals surface area contributed by atoms with Gasteiger partial charge >= 0.3 is 5.97 Å². The first-order chi connectivity index (χ1) is 6.63. The van der Waals surface area contributed by atoms with E-state index in [2.05, 4.69) is 0 Å². The van der Waals surface area contributed by atoms with Crippen LogP contribution in [0.5, 0.6) is 0 Å². The summed E-state index contributed by atoms with van der Waals surface area (Å²) in [6.07, 6.45) is 2.47. The number of hydrogen-bond acceptors (Lipinski definition) is 2. The second kappa shape index (κ2) is 4.79. The third-order valence-corrected chi connectivity index (χ3v) is 2.03. The van der Waals surface area contributed by atoms with Crippen molar-refractivity contribution in [1.82, 2.24) is 0 Å². The number of aliphatic hydroxyl groups excluding tert-OH is 1. The summed E-state index contributed by atoms with van der Waals surface area (Å²) in [5.41, 5.74) is 1.28. The summed E-state index contributed by atoms with van der Waals surface area (Å²) in [7, 11) is 0. The summed E-state index contributed by atoms with van der Waals surface area (Å²) in [6.45, 7) is -0.159. The lowest BCUT2D eigenvalue weighted by Gasteiger charge is -2.01. The molecular formula is C10H9ClO3. The fourth-order valence-corrected chi connectivity index (χ4v) is 1.16. The van der Waals surface area contributed by atoms with Crippen molar-refractivity contribution in [3.8, 4) is 0 Å². The molecule has 0 amide bonds. The molecule has 0 saturated heterocycles. The van der Waals surface area contributed by atoms with Crippen LogP contribution in [-0.4, -0.2) is 16.2 Å². The third kappa shape index (κ3) is 2.87. The molecule has 0 aliphatic carbocycles. The maximum absolute atomic E-state index is 10.2. The number of benzene rings is 1. The molecule has 1 aromatic carbocycles. The molecule has 2 N–H and O–H groups in total. The molecule has 0 saturated carbocycles. The standard InChI is InChI=1S/C10H9ClO3/c11-9-3-1-7(2-4-10(13)14)5-8(9)6-12/h1-5,12H,6H2,(H,13,14)/b4-2+. The van der Waals surface area contributed by atoms with E-state index in [-0.39, 0.29) is 6.61 Å². The van der Waals surface area contributed by atoms with E-state index in [1.165, 1.54) is 6.08 Å². The van der Waals surface area contributed by atoms with Crippen LogP contribution in [-0.2, 0) is 11.4 Å². The summed E-state index contributed by atoms with van der Waals surface area (Å²) in [5.74, 6) is -1.01. The summed E-state index contributed by atoms with van der Waals surface area (Å²) in [5, 5.41) is 17.8. The van der Waals surface area contributed by atoms with E-state index >= 15 is 0 Å². The maximum Gasteiger partial charge on any atom is 0.328 e. The first-order valence-corrected chi connectivity index (χ1v) is 4.31. The monoisotopic (exact) mass is 212 g/mol. The predicted molar refractivity (Wildman–Crippen MR) is 54.0 cm³/mol. The van der Waals surface area contributed by atoms with E-state index < -0.39 is 5.97 Å². The fourth-order valence-electron chi connectivity index (χ4n) is 0.987. The van der Waals surface area contributed by atoms with Crippen LogP contribution in [0.2, 0.25) is 5.02 Å². The molecule has 4 heteroatoms. The molecular weight excluding hydrogens is 204 g/mol. The van der Waals surface area contributed by atoms with Crippen molar-refractivity contribution in [2.24, 2.45) is 0 Å². The van der Waals surface area contributed by atoms with Gasteiger partial charge in [0.25, 0.3) is 0 Å². The number of aliphatic carboxylic acids is 1. The molecule has 74 valence electrons. The Hall–Kier alpha value is -1.32. The number of aliphatic hydroxyl groups is 1. The van der Waals surface area contributed by atoms with Crippen molar-refractivity contribution in [2.75, 3.05) is 0 Å². The number of halogens is 1. The first kappa shape index (κ1) is 10.8. The molecule has 1 aromatic rings. The molecule has 1 rings (SSSR count). The number of hydrogen-bond donors (Lipinski definition) is 2. The minimum absolute atomic E-state index is 0.159. The molecule has 0 aliphatic heterocycles. The molecule has 0 fully saturated rings. The lowest BCUT2D eigenvalue weighted by Crippen LogP contribution is -1.88. The van der Waals surface area contributed by atoms with Gasteiger partial charge in [-0.25, -0.2) is 4.79 Å². The van der Waals surface area contributed by atoms with E-state index in [4.69, 9.17) is 21.8 Å². The summed E-state index contributed by atoms with van der Waals surface area (Å²) >= 11 is 5.76. The van der Waals surface area contributed by atoms with Gasteiger partial charge in [-0.05, 0) is 29.3 Å². The Bertz CT molecular complexity index is 372. The zero-order chi connectivity index (χ0) is 10.6. The number of carboxylic acids is 1. The normalized spacial score (nSPS) is 10.7. The van der Waals surface area contributed by atoms with Crippen LogP contribution in [0.1, 0.15) is 11.1 Å². The Balaban J connectivity index is 2.95. The topological polar surface area (TPSA) is 57.5 Å². The predicted octanol–water partition coefficient (Wildman–Crippen LogP) is 1.93. The lowest BCUT2D eigenvalue weighted by molar-refractivity contribution is -0.131. The van der Waals surface area contributed by atoms with E-state index in [0.29, 0.717) is 16.1 Å². The minimum atomic E-state index is -1.01. The van der Waals surface area contributed by atoms with E-state index in [9.17, 15) is 4.79 Å². The Labute approximate surface area is 86.3 Å². The molecule has 0 atom stereocenters. The van der Waals surface area contributed by atoms with Crippen LogP contribution >= 0.6 is 11.6 Å². The Kier molecular flexibility index (Phi) is 3.68. The average Bonchev–Trinajstić information content (AvgIpc) is 2.16. The molecule has 0 aromatic heterocycles. The van der Waals surface area contributed by atoms with Crippen molar-refractivity contribution in [3.05, 3.63) is 40.4 Å². The van der Waals surface area contributed by atoms with E-state index in [0.717, 1.165) is 6.08 Å². The molecule has 0 spiro atoms. The number of rotatable bonds is 3. The SMILES string of the molecule is O=C(O)/C=C/c1ccc(Cl)c(CO)c1. The van der Waals surface area contributed by atoms with Gasteiger partial charge in [0.1, 0.15) is 0 Å². The van der Waals surface area contributed by atoms with Crippen LogP contribution in [0.3, 0.4) is 0 Å². The van der Waals surface area contributed by atoms with Crippen molar-refractivity contribution < 1.29 is 15.0 Å². The second-order valence-corrected chi connectivity index (χ2v) is 3.09. The molecule has 14 heavy (non-hydrogen) atoms. The van der Waals surface area contributed by atoms with Crippen molar-refractivity contribution >= 4 is 23.6 Å². The molecule has 0 aliphatic rings. The quantitative estimate of drug-likeness (QED) is 0.753. The van der Waals surface area contributed by atoms with Crippen LogP contribution < -0.4 is 0 Å². The molecule has 0 radical (unpaired) electrons. The summed E-state index contributed by atoms with van der Waals surface area (Å²) in [6, 6.07) is 4.94. The highest BCUT2D eigenvalue weighted by Gasteiger charge is 1.99. The maximum atomic E-state index is 10.2. The van der Waals surface area contributed by atoms with Crippen LogP contribution in [0, 0.1) is 0 Å². The highest BCUT2D eigenvalue weighted by atomic mass is 35.5. The zero-order valence-electron chi connectivity index (χ0n) is 7.27. The van der Waals surface area contributed by atoms with Crippen molar-refractivity contribution in [2.45, 2.75) is 6.61 Å². The van der Waals surface area contributed by atoms with Crippen LogP contribution in [0.15, 0.2) is 24.3 Å². The lowest BCUT2D eigenvalue weighted by atomic mass is 10.1. The third-order valence-electron chi connectivity index (χ3n) is 1.66. The van der Waals surface area contributed by atoms with Gasteiger partial charge in [0.15, 0.2) is 0 Å². The van der Waals surface area contributed by atoms with Gasteiger partial charge in [0.2, 0.25) is 0 Å². The number of carboxylic acid groups (broad SMARTS) is 1. The zero-order valence-corrected chi connectivity index (χ0v) is 8.03. The Morgan fingerprint density at radius 2 is 2.21 bits per heavy atom. The van der Waals surface area contributed by atoms with Gasteiger partial charge in [-0.15, -0.1) is 0 Å². The smallest absolute Gasteiger partial charge is 0.328 e. The van der Waals surface area contributed by atoms with Gasteiger partial charge in [0, 0.05) is 11.1 Å². The minimum Gasteiger partial charge on any atom is -0.478 e. The Morgan fingerprint density at radius 3 is 2.79 bits per heavy atom. The van der Waals surface area contributed by atoms with E-state index in [1.54, 1.807) is 18.2 Å². The van der Waals surface area contributed by atoms with Crippen molar-refractivity contribution in [1.29, 1.82) is 0 Å². The Morgan fingerprint density at radius 1 is 1.50 bits per heavy atom. The average molecular weight is 213 g/mol. The number of carbonyl (C=O) groups is 1. The van der Waals surface area contributed by atoms with Crippen LogP contribution in [0.25, 0.3) is 6.08 Å². The summed E-state index contributed by atoms with van der Waals surface area (Å²) in [4.78, 5) is 10.2. The summed E-state index contributed by atoms with van der Waals surface area (Å²) < 4.78 is 0. The fraction of sp³-hybridized carbons (Fsp3) is 0.100. The molecule has 3 nitrogen and oxygen atoms in total. The van der Waals surface area contributed by atoms with E-state index in [1.807, 2.05) is 0 Å². The van der Waals surface area contributed by atoms with Gasteiger partial charge in [0.05, 0.1) is 6.61 Å². The first-order valence-electron chi connectivity index (χ1n) is 3.94. The highest BCUT2D eigenvalue weighted by molar-refractivity contribution is 6.31. The van der Waals surface area contributed by atoms with Gasteiger partial charge in [-0.2, -0.15) is 0 Å². The molecule has 0 heterocycles. The molecule has 0 unspecified atom stereocenters.